The molecule has 0 radical (unpaired) electrons. The fourth-order valence-electron chi connectivity index (χ4n) is 3.43. The highest BCUT2D eigenvalue weighted by Crippen LogP contribution is 2.42. The molecule has 0 saturated heterocycles. The predicted octanol–water partition coefficient (Wildman–Crippen LogP) is 4.14. The molecular weight excluding hydrogens is 356 g/mol. The molecule has 7 heteroatoms. The van der Waals surface area contributed by atoms with E-state index in [1.807, 2.05) is 41.3 Å². The lowest BCUT2D eigenvalue weighted by atomic mass is 10.1. The lowest BCUT2D eigenvalue weighted by Gasteiger charge is -2.33. The van der Waals surface area contributed by atoms with Gasteiger partial charge in [0, 0.05) is 37.1 Å². The van der Waals surface area contributed by atoms with Crippen LogP contribution in [0.2, 0.25) is 0 Å². The molecule has 1 aliphatic rings. The van der Waals surface area contributed by atoms with E-state index in [0.717, 1.165) is 16.9 Å². The fourth-order valence-corrected chi connectivity index (χ4v) is 3.43. The Morgan fingerprint density at radius 1 is 1.04 bits per heavy atom. The van der Waals surface area contributed by atoms with Crippen LogP contribution in [0.15, 0.2) is 79.1 Å². The van der Waals surface area contributed by atoms with Gasteiger partial charge in [-0.25, -0.2) is 5.01 Å². The number of nitro benzene ring substituents is 1. The summed E-state index contributed by atoms with van der Waals surface area (Å²) in [6.45, 7) is 0. The van der Waals surface area contributed by atoms with E-state index in [-0.39, 0.29) is 17.5 Å². The Labute approximate surface area is 161 Å². The molecular formula is C21H18N4O3. The molecule has 1 atom stereocenters. The Bertz CT molecular complexity index is 1040. The molecule has 0 amide bonds. The largest absolute Gasteiger partial charge is 0.507 e. The number of nitro groups is 1. The van der Waals surface area contributed by atoms with Crippen LogP contribution < -0.4 is 5.01 Å². The molecule has 0 saturated carbocycles. The number of hydrazine groups is 1. The van der Waals surface area contributed by atoms with Crippen LogP contribution in [0.1, 0.15) is 17.2 Å². The number of para-hydroxylation sites is 1. The minimum absolute atomic E-state index is 0.0318. The Balaban J connectivity index is 1.82. The first-order chi connectivity index (χ1) is 13.6. The van der Waals surface area contributed by atoms with Crippen molar-refractivity contribution in [3.05, 3.63) is 100 Å². The van der Waals surface area contributed by atoms with Crippen molar-refractivity contribution in [2.45, 2.75) is 6.04 Å². The van der Waals surface area contributed by atoms with Crippen molar-refractivity contribution in [1.82, 2.24) is 9.99 Å². The zero-order valence-corrected chi connectivity index (χ0v) is 15.1. The van der Waals surface area contributed by atoms with E-state index in [9.17, 15) is 15.2 Å². The molecule has 0 spiro atoms. The van der Waals surface area contributed by atoms with Crippen molar-refractivity contribution in [2.24, 2.45) is 0 Å². The van der Waals surface area contributed by atoms with Crippen LogP contribution in [0, 0.1) is 10.1 Å². The van der Waals surface area contributed by atoms with Crippen LogP contribution in [0.4, 0.5) is 11.4 Å². The van der Waals surface area contributed by atoms with E-state index in [1.54, 1.807) is 36.7 Å². The van der Waals surface area contributed by atoms with Gasteiger partial charge in [0.1, 0.15) is 5.75 Å². The van der Waals surface area contributed by atoms with Crippen molar-refractivity contribution in [3.8, 4) is 5.75 Å². The highest BCUT2D eigenvalue weighted by molar-refractivity contribution is 5.83. The Morgan fingerprint density at radius 2 is 1.71 bits per heavy atom. The lowest BCUT2D eigenvalue weighted by molar-refractivity contribution is -0.384. The van der Waals surface area contributed by atoms with Crippen molar-refractivity contribution < 1.29 is 10.0 Å². The molecule has 1 aromatic heterocycles. The summed E-state index contributed by atoms with van der Waals surface area (Å²) >= 11 is 0. The third-order valence-electron chi connectivity index (χ3n) is 4.79. The predicted molar refractivity (Wildman–Crippen MR) is 106 cm³/mol. The van der Waals surface area contributed by atoms with Gasteiger partial charge in [-0.2, -0.15) is 0 Å². The number of aromatic nitrogens is 1. The summed E-state index contributed by atoms with van der Waals surface area (Å²) in [6, 6.07) is 17.3. The van der Waals surface area contributed by atoms with Gasteiger partial charge in [-0.05, 0) is 48.0 Å². The second-order valence-corrected chi connectivity index (χ2v) is 6.45. The van der Waals surface area contributed by atoms with Crippen LogP contribution in [0.5, 0.6) is 5.75 Å². The number of nitrogens with zero attached hydrogens (tertiary/aromatic N) is 4. The molecule has 7 nitrogen and oxygen atoms in total. The minimum Gasteiger partial charge on any atom is -0.507 e. The molecule has 0 fully saturated rings. The summed E-state index contributed by atoms with van der Waals surface area (Å²) in [7, 11) is 1.94. The minimum atomic E-state index is -0.420. The second kappa shape index (κ2) is 7.13. The van der Waals surface area contributed by atoms with Gasteiger partial charge in [-0.15, -0.1) is 0 Å². The van der Waals surface area contributed by atoms with Crippen LogP contribution in [-0.4, -0.2) is 27.1 Å². The number of rotatable bonds is 4. The summed E-state index contributed by atoms with van der Waals surface area (Å²) in [5.74, 6) is 0.171. The number of likely N-dealkylation sites (N-methyl/N-ethyl adjacent to an activating group) is 1. The van der Waals surface area contributed by atoms with Crippen LogP contribution >= 0.6 is 0 Å². The smallest absolute Gasteiger partial charge is 0.269 e. The number of phenols is 1. The molecule has 2 heterocycles. The van der Waals surface area contributed by atoms with Gasteiger partial charge < -0.3 is 5.11 Å². The Hall–Kier alpha value is -3.71. The van der Waals surface area contributed by atoms with E-state index in [1.165, 1.54) is 12.1 Å². The number of hydrogen-bond donors (Lipinski definition) is 1. The average Bonchev–Trinajstić information content (AvgIpc) is 3.06. The van der Waals surface area contributed by atoms with Gasteiger partial charge in [0.15, 0.2) is 0 Å². The van der Waals surface area contributed by atoms with Gasteiger partial charge in [-0.1, -0.05) is 12.1 Å². The van der Waals surface area contributed by atoms with E-state index in [0.29, 0.717) is 5.56 Å². The highest BCUT2D eigenvalue weighted by Gasteiger charge is 2.33. The van der Waals surface area contributed by atoms with Gasteiger partial charge in [-0.3, -0.25) is 20.1 Å². The van der Waals surface area contributed by atoms with Gasteiger partial charge >= 0.3 is 0 Å². The maximum absolute atomic E-state index is 11.0. The third-order valence-corrected chi connectivity index (χ3v) is 4.79. The normalized spacial score (nSPS) is 16.8. The monoisotopic (exact) mass is 374 g/mol. The van der Waals surface area contributed by atoms with Crippen LogP contribution in [0.3, 0.4) is 0 Å². The zero-order valence-electron chi connectivity index (χ0n) is 15.1. The van der Waals surface area contributed by atoms with Gasteiger partial charge in [0.25, 0.3) is 5.69 Å². The number of aromatic hydroxyl groups is 1. The molecule has 0 aliphatic carbocycles. The van der Waals surface area contributed by atoms with Crippen molar-refractivity contribution in [2.75, 3.05) is 12.1 Å². The topological polar surface area (TPSA) is 82.7 Å². The third kappa shape index (κ3) is 3.08. The molecule has 0 bridgehead atoms. The van der Waals surface area contributed by atoms with E-state index in [2.05, 4.69) is 11.1 Å². The number of phenolic OH excluding ortho intramolecular Hbond substituents is 1. The quantitative estimate of drug-likeness (QED) is 0.546. The first-order valence-electron chi connectivity index (χ1n) is 8.73. The van der Waals surface area contributed by atoms with E-state index >= 15 is 0 Å². The molecule has 140 valence electrons. The first-order valence-corrected chi connectivity index (χ1v) is 8.73. The fraction of sp³-hybridized carbons (Fsp3) is 0.0952. The van der Waals surface area contributed by atoms with E-state index in [4.69, 9.17) is 0 Å². The van der Waals surface area contributed by atoms with Crippen molar-refractivity contribution in [1.29, 1.82) is 0 Å². The first kappa shape index (κ1) is 17.7. The zero-order chi connectivity index (χ0) is 19.7. The van der Waals surface area contributed by atoms with Crippen LogP contribution in [0.25, 0.3) is 5.70 Å². The molecule has 3 aromatic rings. The summed E-state index contributed by atoms with van der Waals surface area (Å²) in [5.41, 5.74) is 3.33. The summed E-state index contributed by atoms with van der Waals surface area (Å²) in [4.78, 5) is 14.7. The molecule has 4 rings (SSSR count). The average molecular weight is 374 g/mol. The number of pyridine rings is 1. The lowest BCUT2D eigenvalue weighted by Crippen LogP contribution is -2.35. The number of anilines is 1. The molecule has 1 unspecified atom stereocenters. The Morgan fingerprint density at radius 3 is 2.36 bits per heavy atom. The SMILES string of the molecule is CN1C(c2ccncc2)C=C(c2ccccc2O)N1c1ccc([N+](=O)[O-])cc1. The summed E-state index contributed by atoms with van der Waals surface area (Å²) in [5, 5.41) is 25.4. The number of hydrogen-bond acceptors (Lipinski definition) is 6. The number of non-ortho nitro benzene ring substituents is 1. The van der Waals surface area contributed by atoms with Crippen molar-refractivity contribution in [3.63, 3.8) is 0 Å². The molecule has 2 aromatic carbocycles. The van der Waals surface area contributed by atoms with Gasteiger partial charge in [0.2, 0.25) is 0 Å². The standard InChI is InChI=1S/C21H18N4O3/c1-23-19(15-10-12-22-13-11-15)14-20(18-4-2-3-5-21(18)26)24(23)16-6-8-17(9-7-16)25(27)28/h2-14,19,26H,1H3. The molecule has 1 aliphatic heterocycles. The number of benzene rings is 2. The highest BCUT2D eigenvalue weighted by atomic mass is 16.6. The van der Waals surface area contributed by atoms with E-state index < -0.39 is 4.92 Å². The summed E-state index contributed by atoms with van der Waals surface area (Å²) in [6.07, 6.45) is 5.54. The van der Waals surface area contributed by atoms with Crippen LogP contribution in [-0.2, 0) is 0 Å². The second-order valence-electron chi connectivity index (χ2n) is 6.45. The van der Waals surface area contributed by atoms with Crippen molar-refractivity contribution >= 4 is 17.1 Å². The molecule has 1 N–H and O–H groups in total. The maximum Gasteiger partial charge on any atom is 0.269 e. The Kier molecular flexibility index (Phi) is 4.50. The summed E-state index contributed by atoms with van der Waals surface area (Å²) < 4.78 is 0. The maximum atomic E-state index is 11.0. The molecule has 28 heavy (non-hydrogen) atoms. The van der Waals surface area contributed by atoms with Gasteiger partial charge in [0.05, 0.1) is 22.3 Å².